The third-order valence-electron chi connectivity index (χ3n) is 2.46. The summed E-state index contributed by atoms with van der Waals surface area (Å²) in [5, 5.41) is 0. The van der Waals surface area contributed by atoms with Crippen LogP contribution in [0.1, 0.15) is 18.4 Å². The van der Waals surface area contributed by atoms with Crippen LogP contribution in [0.25, 0.3) is 0 Å². The Morgan fingerprint density at radius 2 is 2.00 bits per heavy atom. The van der Waals surface area contributed by atoms with Crippen LogP contribution >= 0.6 is 0 Å². The summed E-state index contributed by atoms with van der Waals surface area (Å²) in [6, 6.07) is 5.45. The second-order valence-electron chi connectivity index (χ2n) is 3.57. The first-order valence-electron chi connectivity index (χ1n) is 4.84. The van der Waals surface area contributed by atoms with Crippen molar-refractivity contribution in [2.24, 2.45) is 0 Å². The Labute approximate surface area is 86.5 Å². The number of halogens is 3. The van der Waals surface area contributed by atoms with Crippen LogP contribution in [0, 0.1) is 6.54 Å². The predicted octanol–water partition coefficient (Wildman–Crippen LogP) is 3.47. The summed E-state index contributed by atoms with van der Waals surface area (Å²) in [7, 11) is 0. The molecule has 0 amide bonds. The van der Waals surface area contributed by atoms with E-state index in [9.17, 15) is 13.2 Å². The van der Waals surface area contributed by atoms with E-state index in [1.165, 1.54) is 12.1 Å². The molecule has 2 rings (SSSR count). The summed E-state index contributed by atoms with van der Waals surface area (Å²) in [5.74, 6) is 0. The highest BCUT2D eigenvalue weighted by Crippen LogP contribution is 2.32. The molecule has 15 heavy (non-hydrogen) atoms. The molecular weight excluding hydrogens is 203 g/mol. The first kappa shape index (κ1) is 10.3. The Hall–Kier alpha value is -1.19. The summed E-state index contributed by atoms with van der Waals surface area (Å²) in [4.78, 5) is 1.87. The molecule has 0 aliphatic carbocycles. The van der Waals surface area contributed by atoms with E-state index >= 15 is 0 Å². The van der Waals surface area contributed by atoms with Crippen molar-refractivity contribution in [1.29, 1.82) is 0 Å². The van der Waals surface area contributed by atoms with Gasteiger partial charge in [-0.1, -0.05) is 6.07 Å². The van der Waals surface area contributed by atoms with E-state index in [1.807, 2.05) is 11.4 Å². The van der Waals surface area contributed by atoms with E-state index in [1.54, 1.807) is 6.07 Å². The molecular formula is C11H11F3N. The van der Waals surface area contributed by atoms with Gasteiger partial charge < -0.3 is 4.90 Å². The number of anilines is 1. The Kier molecular flexibility index (Phi) is 2.59. The highest BCUT2D eigenvalue weighted by molar-refractivity contribution is 5.51. The Morgan fingerprint density at radius 3 is 2.60 bits per heavy atom. The molecule has 1 aromatic rings. The van der Waals surface area contributed by atoms with Crippen molar-refractivity contribution >= 4 is 5.69 Å². The second kappa shape index (κ2) is 3.76. The molecule has 1 aliphatic rings. The Bertz CT molecular complexity index is 340. The maximum absolute atomic E-state index is 12.4. The van der Waals surface area contributed by atoms with Crippen LogP contribution in [0.15, 0.2) is 24.3 Å². The number of hydrogen-bond donors (Lipinski definition) is 0. The third-order valence-corrected chi connectivity index (χ3v) is 2.46. The lowest BCUT2D eigenvalue weighted by Crippen LogP contribution is -2.15. The van der Waals surface area contributed by atoms with Crippen LogP contribution < -0.4 is 4.90 Å². The summed E-state index contributed by atoms with van der Waals surface area (Å²) in [6.45, 7) is 2.75. The molecule has 1 heterocycles. The number of benzene rings is 1. The number of hydrogen-bond acceptors (Lipinski definition) is 1. The minimum atomic E-state index is -4.25. The molecule has 1 nitrogen and oxygen atoms in total. The second-order valence-corrected chi connectivity index (χ2v) is 3.57. The molecule has 1 fully saturated rings. The molecule has 0 aromatic heterocycles. The minimum Gasteiger partial charge on any atom is -0.366 e. The SMILES string of the molecule is FC(F)(F)c1cccc(N2[CH]CCC2)c1. The average Bonchev–Trinajstić information content (AvgIpc) is 2.69. The van der Waals surface area contributed by atoms with Crippen molar-refractivity contribution in [1.82, 2.24) is 0 Å². The zero-order valence-corrected chi connectivity index (χ0v) is 8.09. The first-order chi connectivity index (χ1) is 7.07. The van der Waals surface area contributed by atoms with Crippen LogP contribution in [-0.4, -0.2) is 6.54 Å². The molecule has 0 bridgehead atoms. The fraction of sp³-hybridized carbons (Fsp3) is 0.364. The lowest BCUT2D eigenvalue weighted by Gasteiger charge is -2.18. The Morgan fingerprint density at radius 1 is 1.20 bits per heavy atom. The fourth-order valence-corrected chi connectivity index (χ4v) is 1.70. The van der Waals surface area contributed by atoms with Crippen LogP contribution in [0.2, 0.25) is 0 Å². The highest BCUT2D eigenvalue weighted by atomic mass is 19.4. The van der Waals surface area contributed by atoms with E-state index in [4.69, 9.17) is 0 Å². The molecule has 1 saturated heterocycles. The van der Waals surface area contributed by atoms with Crippen molar-refractivity contribution in [3.63, 3.8) is 0 Å². The number of alkyl halides is 3. The maximum Gasteiger partial charge on any atom is 0.416 e. The molecule has 0 saturated carbocycles. The first-order valence-corrected chi connectivity index (χ1v) is 4.84. The minimum absolute atomic E-state index is 0.583. The van der Waals surface area contributed by atoms with E-state index in [-0.39, 0.29) is 0 Å². The monoisotopic (exact) mass is 214 g/mol. The molecule has 0 spiro atoms. The van der Waals surface area contributed by atoms with Gasteiger partial charge in [0.25, 0.3) is 0 Å². The van der Waals surface area contributed by atoms with Gasteiger partial charge in [-0.15, -0.1) is 0 Å². The Balaban J connectivity index is 2.26. The van der Waals surface area contributed by atoms with E-state index < -0.39 is 11.7 Å². The van der Waals surface area contributed by atoms with Crippen LogP contribution in [0.4, 0.5) is 18.9 Å². The summed E-state index contributed by atoms with van der Waals surface area (Å²) in [6.07, 6.45) is -2.30. The van der Waals surface area contributed by atoms with Crippen molar-refractivity contribution in [3.05, 3.63) is 36.4 Å². The zero-order chi connectivity index (χ0) is 10.9. The normalized spacial score (nSPS) is 17.1. The number of nitrogens with zero attached hydrogens (tertiary/aromatic N) is 1. The summed E-state index contributed by atoms with van der Waals surface area (Å²) in [5.41, 5.74) is 0.0441. The van der Waals surface area contributed by atoms with E-state index in [2.05, 4.69) is 0 Å². The quantitative estimate of drug-likeness (QED) is 0.691. The van der Waals surface area contributed by atoms with E-state index in [0.717, 1.165) is 25.5 Å². The topological polar surface area (TPSA) is 3.24 Å². The van der Waals surface area contributed by atoms with Crippen LogP contribution in [0.5, 0.6) is 0 Å². The molecule has 1 radical (unpaired) electrons. The average molecular weight is 214 g/mol. The summed E-state index contributed by atoms with van der Waals surface area (Å²) < 4.78 is 37.3. The molecule has 1 aliphatic heterocycles. The third kappa shape index (κ3) is 2.25. The van der Waals surface area contributed by atoms with Gasteiger partial charge >= 0.3 is 6.18 Å². The van der Waals surface area contributed by atoms with Gasteiger partial charge in [0.1, 0.15) is 0 Å². The van der Waals surface area contributed by atoms with Gasteiger partial charge in [0.15, 0.2) is 0 Å². The highest BCUT2D eigenvalue weighted by Gasteiger charge is 2.30. The summed E-state index contributed by atoms with van der Waals surface area (Å²) >= 11 is 0. The zero-order valence-electron chi connectivity index (χ0n) is 8.09. The van der Waals surface area contributed by atoms with Crippen LogP contribution in [0.3, 0.4) is 0 Å². The van der Waals surface area contributed by atoms with Crippen molar-refractivity contribution in [2.45, 2.75) is 19.0 Å². The molecule has 1 aromatic carbocycles. The lowest BCUT2D eigenvalue weighted by molar-refractivity contribution is -0.137. The molecule has 0 N–H and O–H groups in total. The largest absolute Gasteiger partial charge is 0.416 e. The smallest absolute Gasteiger partial charge is 0.366 e. The van der Waals surface area contributed by atoms with Crippen LogP contribution in [-0.2, 0) is 6.18 Å². The number of rotatable bonds is 1. The van der Waals surface area contributed by atoms with Crippen molar-refractivity contribution in [3.8, 4) is 0 Å². The van der Waals surface area contributed by atoms with Gasteiger partial charge in [-0.3, -0.25) is 0 Å². The molecule has 0 unspecified atom stereocenters. The van der Waals surface area contributed by atoms with Crippen molar-refractivity contribution in [2.75, 3.05) is 11.4 Å². The van der Waals surface area contributed by atoms with Gasteiger partial charge in [0.2, 0.25) is 0 Å². The van der Waals surface area contributed by atoms with Gasteiger partial charge in [0.05, 0.1) is 5.56 Å². The molecule has 81 valence electrons. The van der Waals surface area contributed by atoms with E-state index in [0.29, 0.717) is 5.69 Å². The van der Waals surface area contributed by atoms with Crippen molar-refractivity contribution < 1.29 is 13.2 Å². The van der Waals surface area contributed by atoms with Gasteiger partial charge in [0, 0.05) is 18.8 Å². The molecule has 0 atom stereocenters. The van der Waals surface area contributed by atoms with Gasteiger partial charge in [-0.25, -0.2) is 0 Å². The van der Waals surface area contributed by atoms with Gasteiger partial charge in [-0.05, 0) is 31.0 Å². The standard InChI is InChI=1S/C11H11F3N/c12-11(13,14)9-4-3-5-10(8-9)15-6-1-2-7-15/h3-6,8H,1-2,7H2. The maximum atomic E-state index is 12.4. The lowest BCUT2D eigenvalue weighted by atomic mass is 10.2. The molecule has 4 heteroatoms. The van der Waals surface area contributed by atoms with Gasteiger partial charge in [-0.2, -0.15) is 13.2 Å². The fourth-order valence-electron chi connectivity index (χ4n) is 1.70. The predicted molar refractivity (Wildman–Crippen MR) is 52.3 cm³/mol.